The van der Waals surface area contributed by atoms with Crippen LogP contribution in [0.4, 0.5) is 0 Å². The van der Waals surface area contributed by atoms with E-state index in [9.17, 15) is 8.42 Å². The van der Waals surface area contributed by atoms with Gasteiger partial charge in [-0.25, -0.2) is 13.1 Å². The molecule has 1 unspecified atom stereocenters. The van der Waals surface area contributed by atoms with E-state index in [0.717, 1.165) is 5.56 Å². The summed E-state index contributed by atoms with van der Waals surface area (Å²) in [7, 11) is -3.59. The molecule has 2 rings (SSSR count). The fourth-order valence-corrected chi connectivity index (χ4v) is 4.25. The molecule has 0 bridgehead atoms. The highest BCUT2D eigenvalue weighted by molar-refractivity contribution is 9.10. The van der Waals surface area contributed by atoms with Crippen LogP contribution in [-0.4, -0.2) is 15.0 Å². The smallest absolute Gasteiger partial charge is 0.241 e. The summed E-state index contributed by atoms with van der Waals surface area (Å²) in [4.78, 5) is 0.211. The first-order chi connectivity index (χ1) is 10.8. The third-order valence-electron chi connectivity index (χ3n) is 3.65. The minimum atomic E-state index is -3.59. The molecule has 3 N–H and O–H groups in total. The third-order valence-corrected chi connectivity index (χ3v) is 6.09. The summed E-state index contributed by atoms with van der Waals surface area (Å²) in [6, 6.07) is 14.3. The van der Waals surface area contributed by atoms with Gasteiger partial charge in [0.05, 0.1) is 4.90 Å². The Morgan fingerprint density at radius 2 is 1.58 bits per heavy atom. The molecule has 1 atom stereocenters. The zero-order chi connectivity index (χ0) is 17.0. The Labute approximate surface area is 158 Å². The van der Waals surface area contributed by atoms with Crippen molar-refractivity contribution in [1.82, 2.24) is 4.72 Å². The Bertz CT molecular complexity index is 764. The van der Waals surface area contributed by atoms with Gasteiger partial charge in [-0.05, 0) is 45.1 Å². The Morgan fingerprint density at radius 1 is 1.04 bits per heavy atom. The van der Waals surface area contributed by atoms with Crippen molar-refractivity contribution in [3.63, 3.8) is 0 Å². The van der Waals surface area contributed by atoms with Crippen molar-refractivity contribution >= 4 is 38.4 Å². The van der Waals surface area contributed by atoms with E-state index in [4.69, 9.17) is 5.73 Å². The van der Waals surface area contributed by atoms with Crippen LogP contribution < -0.4 is 10.5 Å². The predicted molar refractivity (Wildman–Crippen MR) is 104 cm³/mol. The Balaban J connectivity index is 0.00000288. The zero-order valence-corrected chi connectivity index (χ0v) is 16.8. The standard InChI is InChI=1S/C17H21BrN2O2S.ClH/c1-12(2)13-7-9-14(10-8-13)16(19)11-20-23(21,22)17-6-4-3-5-15(17)18;/h3-10,12,16,20H,11,19H2,1-2H3;1H. The Hall–Kier alpha value is -0.920. The molecule has 0 aromatic heterocycles. The van der Waals surface area contributed by atoms with Gasteiger partial charge in [-0.3, -0.25) is 0 Å². The summed E-state index contributed by atoms with van der Waals surface area (Å²) in [5.74, 6) is 0.453. The molecule has 4 nitrogen and oxygen atoms in total. The van der Waals surface area contributed by atoms with Crippen molar-refractivity contribution in [2.45, 2.75) is 30.7 Å². The largest absolute Gasteiger partial charge is 0.323 e. The molecule has 0 heterocycles. The molecule has 0 aliphatic heterocycles. The summed E-state index contributed by atoms with van der Waals surface area (Å²) in [5, 5.41) is 0. The number of hydrogen-bond acceptors (Lipinski definition) is 3. The zero-order valence-electron chi connectivity index (χ0n) is 13.6. The van der Waals surface area contributed by atoms with Crippen molar-refractivity contribution in [1.29, 1.82) is 0 Å². The van der Waals surface area contributed by atoms with E-state index in [1.165, 1.54) is 5.56 Å². The average molecular weight is 434 g/mol. The molecule has 7 heteroatoms. The van der Waals surface area contributed by atoms with E-state index in [-0.39, 0.29) is 23.8 Å². The molecule has 0 aliphatic rings. The normalized spacial score (nSPS) is 12.7. The van der Waals surface area contributed by atoms with E-state index >= 15 is 0 Å². The van der Waals surface area contributed by atoms with Crippen LogP contribution in [0.2, 0.25) is 0 Å². The van der Waals surface area contributed by atoms with Gasteiger partial charge in [0.2, 0.25) is 10.0 Å². The second-order valence-electron chi connectivity index (χ2n) is 5.71. The maximum absolute atomic E-state index is 12.3. The molecule has 132 valence electrons. The number of hydrogen-bond donors (Lipinski definition) is 2. The number of halogens is 2. The number of nitrogens with two attached hydrogens (primary N) is 1. The minimum Gasteiger partial charge on any atom is -0.323 e. The quantitative estimate of drug-likeness (QED) is 0.724. The molecular formula is C17H22BrClN2O2S. The van der Waals surface area contributed by atoms with Gasteiger partial charge in [0, 0.05) is 17.1 Å². The van der Waals surface area contributed by atoms with Gasteiger partial charge in [-0.1, -0.05) is 50.2 Å². The SMILES string of the molecule is CC(C)c1ccc(C(N)CNS(=O)(=O)c2ccccc2Br)cc1.Cl. The van der Waals surface area contributed by atoms with E-state index in [2.05, 4.69) is 34.5 Å². The van der Waals surface area contributed by atoms with Crippen molar-refractivity contribution in [2.75, 3.05) is 6.54 Å². The molecule has 0 amide bonds. The molecule has 0 fully saturated rings. The second kappa shape index (κ2) is 8.97. The van der Waals surface area contributed by atoms with Crippen LogP contribution in [0.15, 0.2) is 57.9 Å². The summed E-state index contributed by atoms with van der Waals surface area (Å²) >= 11 is 3.26. The van der Waals surface area contributed by atoms with Gasteiger partial charge in [-0.15, -0.1) is 12.4 Å². The van der Waals surface area contributed by atoms with Gasteiger partial charge in [0.1, 0.15) is 0 Å². The van der Waals surface area contributed by atoms with E-state index < -0.39 is 16.1 Å². The predicted octanol–water partition coefficient (Wildman–Crippen LogP) is 3.97. The topological polar surface area (TPSA) is 72.2 Å². The number of benzene rings is 2. The van der Waals surface area contributed by atoms with Gasteiger partial charge in [0.25, 0.3) is 0 Å². The monoisotopic (exact) mass is 432 g/mol. The number of nitrogens with one attached hydrogen (secondary N) is 1. The molecule has 24 heavy (non-hydrogen) atoms. The van der Waals surface area contributed by atoms with Crippen LogP contribution in [0.1, 0.15) is 36.9 Å². The van der Waals surface area contributed by atoms with Crippen molar-refractivity contribution in [3.05, 3.63) is 64.1 Å². The van der Waals surface area contributed by atoms with E-state index in [0.29, 0.717) is 10.4 Å². The van der Waals surface area contributed by atoms with Gasteiger partial charge in [0.15, 0.2) is 0 Å². The Kier molecular flexibility index (Phi) is 7.89. The summed E-state index contributed by atoms with van der Waals surface area (Å²) in [5.41, 5.74) is 8.24. The van der Waals surface area contributed by atoms with Crippen molar-refractivity contribution < 1.29 is 8.42 Å². The highest BCUT2D eigenvalue weighted by atomic mass is 79.9. The Morgan fingerprint density at radius 3 is 2.12 bits per heavy atom. The van der Waals surface area contributed by atoms with Gasteiger partial charge >= 0.3 is 0 Å². The van der Waals surface area contributed by atoms with E-state index in [1.54, 1.807) is 24.3 Å². The van der Waals surface area contributed by atoms with Crippen LogP contribution in [-0.2, 0) is 10.0 Å². The fourth-order valence-electron chi connectivity index (χ4n) is 2.19. The molecule has 0 saturated carbocycles. The molecule has 0 radical (unpaired) electrons. The highest BCUT2D eigenvalue weighted by Crippen LogP contribution is 2.22. The lowest BCUT2D eigenvalue weighted by atomic mass is 9.99. The van der Waals surface area contributed by atoms with Crippen LogP contribution in [0.5, 0.6) is 0 Å². The van der Waals surface area contributed by atoms with E-state index in [1.807, 2.05) is 24.3 Å². The second-order valence-corrected chi connectivity index (χ2v) is 8.30. The van der Waals surface area contributed by atoms with Gasteiger partial charge in [-0.2, -0.15) is 0 Å². The summed E-state index contributed by atoms with van der Waals surface area (Å²) < 4.78 is 27.8. The number of rotatable bonds is 6. The van der Waals surface area contributed by atoms with Crippen LogP contribution in [0.3, 0.4) is 0 Å². The van der Waals surface area contributed by atoms with Crippen LogP contribution in [0, 0.1) is 0 Å². The maximum atomic E-state index is 12.3. The van der Waals surface area contributed by atoms with Crippen molar-refractivity contribution in [3.8, 4) is 0 Å². The highest BCUT2D eigenvalue weighted by Gasteiger charge is 2.18. The molecule has 2 aromatic carbocycles. The number of sulfonamides is 1. The lowest BCUT2D eigenvalue weighted by Crippen LogP contribution is -2.32. The first-order valence-corrected chi connectivity index (χ1v) is 9.68. The summed E-state index contributed by atoms with van der Waals surface area (Å²) in [6.07, 6.45) is 0. The summed E-state index contributed by atoms with van der Waals surface area (Å²) in [6.45, 7) is 4.40. The first kappa shape index (κ1) is 21.1. The third kappa shape index (κ3) is 5.29. The van der Waals surface area contributed by atoms with Crippen molar-refractivity contribution in [2.24, 2.45) is 5.73 Å². The lowest BCUT2D eigenvalue weighted by Gasteiger charge is -2.15. The molecule has 0 spiro atoms. The first-order valence-electron chi connectivity index (χ1n) is 7.41. The molecule has 2 aromatic rings. The van der Waals surface area contributed by atoms with Crippen LogP contribution >= 0.6 is 28.3 Å². The minimum absolute atomic E-state index is 0. The lowest BCUT2D eigenvalue weighted by molar-refractivity contribution is 0.572. The average Bonchev–Trinajstić information content (AvgIpc) is 2.53. The van der Waals surface area contributed by atoms with Gasteiger partial charge < -0.3 is 5.73 Å². The molecular weight excluding hydrogens is 412 g/mol. The molecule has 0 aliphatic carbocycles. The molecule has 0 saturated heterocycles. The fraction of sp³-hybridized carbons (Fsp3) is 0.294. The van der Waals surface area contributed by atoms with Crippen LogP contribution in [0.25, 0.3) is 0 Å². The maximum Gasteiger partial charge on any atom is 0.241 e.